The Hall–Kier alpha value is -0.460. The van der Waals surface area contributed by atoms with Crippen LogP contribution in [0.1, 0.15) is 32.6 Å². The zero-order chi connectivity index (χ0) is 7.40. The fourth-order valence-electron chi connectivity index (χ4n) is 1.47. The van der Waals surface area contributed by atoms with Gasteiger partial charge in [-0.15, -0.1) is 0 Å². The molecule has 0 aromatic heterocycles. The zero-order valence-electron chi connectivity index (χ0n) is 6.89. The SMILES string of the molecule is CCC1CCC=C(OC)C1. The number of hydrogen-bond acceptors (Lipinski definition) is 1. The molecule has 10 heavy (non-hydrogen) atoms. The molecule has 58 valence electrons. The molecule has 0 N–H and O–H groups in total. The van der Waals surface area contributed by atoms with Crippen molar-refractivity contribution in [1.82, 2.24) is 0 Å². The minimum absolute atomic E-state index is 0.875. The lowest BCUT2D eigenvalue weighted by atomic mass is 9.91. The normalized spacial score (nSPS) is 25.8. The van der Waals surface area contributed by atoms with Crippen LogP contribution < -0.4 is 0 Å². The summed E-state index contributed by atoms with van der Waals surface area (Å²) in [6.45, 7) is 2.25. The van der Waals surface area contributed by atoms with Gasteiger partial charge in [0.1, 0.15) is 0 Å². The highest BCUT2D eigenvalue weighted by Gasteiger charge is 2.13. The van der Waals surface area contributed by atoms with Gasteiger partial charge in [0.15, 0.2) is 0 Å². The fourth-order valence-corrected chi connectivity index (χ4v) is 1.47. The molecule has 1 rings (SSSR count). The lowest BCUT2D eigenvalue weighted by Crippen LogP contribution is -2.06. The number of ether oxygens (including phenoxy) is 1. The molecule has 1 nitrogen and oxygen atoms in total. The van der Waals surface area contributed by atoms with E-state index in [-0.39, 0.29) is 0 Å². The first-order chi connectivity index (χ1) is 4.86. The summed E-state index contributed by atoms with van der Waals surface area (Å²) in [7, 11) is 1.77. The quantitative estimate of drug-likeness (QED) is 0.573. The molecule has 0 amide bonds. The van der Waals surface area contributed by atoms with Crippen LogP contribution in [0.5, 0.6) is 0 Å². The predicted octanol–water partition coefficient (Wildman–Crippen LogP) is 2.73. The van der Waals surface area contributed by atoms with Crippen molar-refractivity contribution in [3.05, 3.63) is 11.8 Å². The van der Waals surface area contributed by atoms with Gasteiger partial charge in [-0.1, -0.05) is 13.3 Å². The molecule has 0 bridgehead atoms. The molecule has 1 aliphatic carbocycles. The van der Waals surface area contributed by atoms with Crippen LogP contribution in [-0.4, -0.2) is 7.11 Å². The first kappa shape index (κ1) is 7.64. The van der Waals surface area contributed by atoms with Crippen molar-refractivity contribution < 1.29 is 4.74 Å². The summed E-state index contributed by atoms with van der Waals surface area (Å²) in [5, 5.41) is 0. The number of methoxy groups -OCH3 is 1. The van der Waals surface area contributed by atoms with Crippen molar-refractivity contribution in [1.29, 1.82) is 0 Å². The molecule has 1 aliphatic rings. The van der Waals surface area contributed by atoms with Crippen LogP contribution in [0.2, 0.25) is 0 Å². The molecule has 0 saturated carbocycles. The van der Waals surface area contributed by atoms with Gasteiger partial charge in [-0.05, 0) is 24.8 Å². The van der Waals surface area contributed by atoms with E-state index < -0.39 is 0 Å². The van der Waals surface area contributed by atoms with E-state index in [4.69, 9.17) is 4.74 Å². The first-order valence-electron chi connectivity index (χ1n) is 4.09. The molecule has 0 aromatic carbocycles. The van der Waals surface area contributed by atoms with Gasteiger partial charge in [0.2, 0.25) is 0 Å². The largest absolute Gasteiger partial charge is 0.501 e. The maximum absolute atomic E-state index is 5.18. The molecule has 0 spiro atoms. The van der Waals surface area contributed by atoms with Gasteiger partial charge in [-0.25, -0.2) is 0 Å². The summed E-state index contributed by atoms with van der Waals surface area (Å²) in [4.78, 5) is 0. The Morgan fingerprint density at radius 1 is 1.70 bits per heavy atom. The highest BCUT2D eigenvalue weighted by molar-refractivity contribution is 4.98. The molecule has 1 unspecified atom stereocenters. The van der Waals surface area contributed by atoms with Crippen molar-refractivity contribution in [2.75, 3.05) is 7.11 Å². The summed E-state index contributed by atoms with van der Waals surface area (Å²) >= 11 is 0. The van der Waals surface area contributed by atoms with Gasteiger partial charge in [0.05, 0.1) is 12.9 Å². The Bertz CT molecular complexity index is 127. The minimum atomic E-state index is 0.875. The summed E-state index contributed by atoms with van der Waals surface area (Å²) < 4.78 is 5.18. The molecular formula is C9H16O. The van der Waals surface area contributed by atoms with E-state index >= 15 is 0 Å². The molecule has 0 aromatic rings. The smallest absolute Gasteiger partial charge is 0.0918 e. The summed E-state index contributed by atoms with van der Waals surface area (Å²) in [6.07, 6.45) is 7.23. The second-order valence-electron chi connectivity index (χ2n) is 2.93. The summed E-state index contributed by atoms with van der Waals surface area (Å²) in [6, 6.07) is 0. The predicted molar refractivity (Wildman–Crippen MR) is 42.7 cm³/mol. The van der Waals surface area contributed by atoms with Gasteiger partial charge >= 0.3 is 0 Å². The van der Waals surface area contributed by atoms with Gasteiger partial charge in [-0.2, -0.15) is 0 Å². The Kier molecular flexibility index (Phi) is 2.79. The molecule has 1 atom stereocenters. The Morgan fingerprint density at radius 3 is 3.10 bits per heavy atom. The van der Waals surface area contributed by atoms with E-state index in [1.54, 1.807) is 7.11 Å². The average Bonchev–Trinajstić information content (AvgIpc) is 2.05. The number of rotatable bonds is 2. The second kappa shape index (κ2) is 3.65. The molecule has 0 heterocycles. The van der Waals surface area contributed by atoms with Crippen LogP contribution >= 0.6 is 0 Å². The topological polar surface area (TPSA) is 9.23 Å². The minimum Gasteiger partial charge on any atom is -0.501 e. The second-order valence-corrected chi connectivity index (χ2v) is 2.93. The Labute approximate surface area is 63.1 Å². The van der Waals surface area contributed by atoms with Crippen molar-refractivity contribution in [2.45, 2.75) is 32.6 Å². The highest BCUT2D eigenvalue weighted by atomic mass is 16.5. The van der Waals surface area contributed by atoms with E-state index in [9.17, 15) is 0 Å². The molecule has 0 saturated heterocycles. The van der Waals surface area contributed by atoms with Crippen LogP contribution in [-0.2, 0) is 4.74 Å². The van der Waals surface area contributed by atoms with Crippen molar-refractivity contribution >= 4 is 0 Å². The molecule has 0 radical (unpaired) electrons. The maximum atomic E-state index is 5.18. The Morgan fingerprint density at radius 2 is 2.50 bits per heavy atom. The van der Waals surface area contributed by atoms with E-state index in [2.05, 4.69) is 13.0 Å². The Balaban J connectivity index is 2.40. The standard InChI is InChI=1S/C9H16O/c1-3-8-5-4-6-9(7-8)10-2/h6,8H,3-5,7H2,1-2H3. The highest BCUT2D eigenvalue weighted by Crippen LogP contribution is 2.26. The van der Waals surface area contributed by atoms with Gasteiger partial charge in [0, 0.05) is 6.42 Å². The summed E-state index contributed by atoms with van der Waals surface area (Å²) in [5.41, 5.74) is 0. The van der Waals surface area contributed by atoms with Crippen LogP contribution in [0.4, 0.5) is 0 Å². The molecule has 1 heteroatoms. The third-order valence-electron chi connectivity index (χ3n) is 2.28. The van der Waals surface area contributed by atoms with Crippen LogP contribution in [0, 0.1) is 5.92 Å². The van der Waals surface area contributed by atoms with Crippen LogP contribution in [0.15, 0.2) is 11.8 Å². The third-order valence-corrected chi connectivity index (χ3v) is 2.28. The first-order valence-corrected chi connectivity index (χ1v) is 4.09. The van der Waals surface area contributed by atoms with Crippen molar-refractivity contribution in [3.63, 3.8) is 0 Å². The number of allylic oxidation sites excluding steroid dienone is 2. The average molecular weight is 140 g/mol. The van der Waals surface area contributed by atoms with Gasteiger partial charge < -0.3 is 4.74 Å². The lowest BCUT2D eigenvalue weighted by Gasteiger charge is -2.19. The van der Waals surface area contributed by atoms with E-state index in [1.165, 1.54) is 25.0 Å². The van der Waals surface area contributed by atoms with Gasteiger partial charge in [-0.3, -0.25) is 0 Å². The van der Waals surface area contributed by atoms with E-state index in [1.807, 2.05) is 0 Å². The monoisotopic (exact) mass is 140 g/mol. The molecular weight excluding hydrogens is 124 g/mol. The fraction of sp³-hybridized carbons (Fsp3) is 0.778. The summed E-state index contributed by atoms with van der Waals surface area (Å²) in [5.74, 6) is 2.07. The van der Waals surface area contributed by atoms with Crippen molar-refractivity contribution in [3.8, 4) is 0 Å². The van der Waals surface area contributed by atoms with E-state index in [0.29, 0.717) is 0 Å². The molecule has 0 aliphatic heterocycles. The van der Waals surface area contributed by atoms with Crippen LogP contribution in [0.25, 0.3) is 0 Å². The van der Waals surface area contributed by atoms with Crippen molar-refractivity contribution in [2.24, 2.45) is 5.92 Å². The number of hydrogen-bond donors (Lipinski definition) is 0. The molecule has 0 fully saturated rings. The van der Waals surface area contributed by atoms with Gasteiger partial charge in [0.25, 0.3) is 0 Å². The maximum Gasteiger partial charge on any atom is 0.0918 e. The van der Waals surface area contributed by atoms with E-state index in [0.717, 1.165) is 12.3 Å². The lowest BCUT2D eigenvalue weighted by molar-refractivity contribution is 0.242. The van der Waals surface area contributed by atoms with Crippen LogP contribution in [0.3, 0.4) is 0 Å². The zero-order valence-corrected chi connectivity index (χ0v) is 6.89. The third kappa shape index (κ3) is 1.76.